The molecule has 0 unspecified atom stereocenters. The van der Waals surface area contributed by atoms with E-state index >= 15 is 0 Å². The predicted molar refractivity (Wildman–Crippen MR) is 120 cm³/mol. The van der Waals surface area contributed by atoms with Crippen molar-refractivity contribution in [3.8, 4) is 0 Å². The lowest BCUT2D eigenvalue weighted by Crippen LogP contribution is -2.27. The molecule has 1 aliphatic carbocycles. The number of benzene rings is 4. The molecule has 2 nitrogen and oxygen atoms in total. The van der Waals surface area contributed by atoms with Crippen molar-refractivity contribution in [2.45, 2.75) is 11.8 Å². The van der Waals surface area contributed by atoms with Crippen LogP contribution in [0.5, 0.6) is 0 Å². The molecule has 0 radical (unpaired) electrons. The molecule has 0 atom stereocenters. The summed E-state index contributed by atoms with van der Waals surface area (Å²) < 4.78 is 0. The molecule has 4 aromatic rings. The number of hydrogen-bond donors (Lipinski definition) is 1. The Bertz CT molecular complexity index is 1090. The van der Waals surface area contributed by atoms with Crippen molar-refractivity contribution >= 4 is 11.4 Å². The molecular formula is C27H22N2. The van der Waals surface area contributed by atoms with Gasteiger partial charge in [0.25, 0.3) is 0 Å². The number of para-hydroxylation sites is 1. The minimum atomic E-state index is -0.240. The Morgan fingerprint density at radius 1 is 0.586 bits per heavy atom. The number of nitrogens with zero attached hydrogens (tertiary/aromatic N) is 1. The van der Waals surface area contributed by atoms with Crippen LogP contribution in [0.2, 0.25) is 0 Å². The SMILES string of the molecule is c1ccc(N/N=C2\CC(c3ccccc3)(c3ccccc3)c3ccccc32)cc1. The second-order valence-corrected chi connectivity index (χ2v) is 7.40. The summed E-state index contributed by atoms with van der Waals surface area (Å²) in [6, 6.07) is 40.4. The van der Waals surface area contributed by atoms with Gasteiger partial charge in [-0.1, -0.05) is 103 Å². The van der Waals surface area contributed by atoms with Crippen molar-refractivity contribution in [1.82, 2.24) is 0 Å². The standard InChI is InChI=1S/C27H22N2/c1-4-12-21(13-5-1)27(22-14-6-2-7-15-22)20-26(24-18-10-11-19-25(24)27)29-28-23-16-8-3-9-17-23/h1-19,28H,20H2/b29-26+. The maximum absolute atomic E-state index is 4.85. The van der Waals surface area contributed by atoms with Gasteiger partial charge in [0.1, 0.15) is 0 Å². The van der Waals surface area contributed by atoms with Gasteiger partial charge in [0, 0.05) is 12.0 Å². The molecule has 0 saturated carbocycles. The molecule has 1 aliphatic rings. The summed E-state index contributed by atoms with van der Waals surface area (Å²) >= 11 is 0. The van der Waals surface area contributed by atoms with Crippen molar-refractivity contribution in [3.63, 3.8) is 0 Å². The first-order chi connectivity index (χ1) is 14.4. The Kier molecular flexibility index (Phi) is 4.45. The van der Waals surface area contributed by atoms with Crippen LogP contribution in [-0.4, -0.2) is 5.71 Å². The van der Waals surface area contributed by atoms with E-state index in [2.05, 4.69) is 90.4 Å². The minimum Gasteiger partial charge on any atom is -0.278 e. The van der Waals surface area contributed by atoms with Gasteiger partial charge in [-0.05, 0) is 28.8 Å². The highest BCUT2D eigenvalue weighted by Crippen LogP contribution is 2.49. The Balaban J connectivity index is 1.68. The fourth-order valence-corrected chi connectivity index (χ4v) is 4.42. The van der Waals surface area contributed by atoms with Crippen molar-refractivity contribution < 1.29 is 0 Å². The van der Waals surface area contributed by atoms with Gasteiger partial charge in [-0.3, -0.25) is 5.43 Å². The quantitative estimate of drug-likeness (QED) is 0.420. The molecular weight excluding hydrogens is 352 g/mol. The lowest BCUT2D eigenvalue weighted by Gasteiger charge is -2.31. The fraction of sp³-hybridized carbons (Fsp3) is 0.0741. The van der Waals surface area contributed by atoms with Gasteiger partial charge >= 0.3 is 0 Å². The van der Waals surface area contributed by atoms with E-state index in [-0.39, 0.29) is 5.41 Å². The maximum Gasteiger partial charge on any atom is 0.0698 e. The molecule has 0 bridgehead atoms. The van der Waals surface area contributed by atoms with Crippen LogP contribution in [0.3, 0.4) is 0 Å². The second-order valence-electron chi connectivity index (χ2n) is 7.40. The van der Waals surface area contributed by atoms with Crippen LogP contribution >= 0.6 is 0 Å². The van der Waals surface area contributed by atoms with Crippen LogP contribution in [0.25, 0.3) is 0 Å². The number of hydrazone groups is 1. The van der Waals surface area contributed by atoms with Crippen LogP contribution < -0.4 is 5.43 Å². The zero-order valence-corrected chi connectivity index (χ0v) is 16.1. The summed E-state index contributed by atoms with van der Waals surface area (Å²) in [6.07, 6.45) is 0.820. The highest BCUT2D eigenvalue weighted by Gasteiger charge is 2.44. The second kappa shape index (κ2) is 7.40. The summed E-state index contributed by atoms with van der Waals surface area (Å²) in [5.74, 6) is 0. The third-order valence-corrected chi connectivity index (χ3v) is 5.76. The zero-order valence-electron chi connectivity index (χ0n) is 16.1. The van der Waals surface area contributed by atoms with Gasteiger partial charge in [-0.2, -0.15) is 5.10 Å². The monoisotopic (exact) mass is 374 g/mol. The highest BCUT2D eigenvalue weighted by atomic mass is 15.3. The summed E-state index contributed by atoms with van der Waals surface area (Å²) in [4.78, 5) is 0. The third kappa shape index (κ3) is 3.03. The van der Waals surface area contributed by atoms with Crippen LogP contribution in [-0.2, 0) is 5.41 Å². The number of rotatable bonds is 4. The molecule has 0 fully saturated rings. The topological polar surface area (TPSA) is 24.4 Å². The van der Waals surface area contributed by atoms with Gasteiger partial charge in [0.05, 0.1) is 16.8 Å². The highest BCUT2D eigenvalue weighted by molar-refractivity contribution is 6.08. The van der Waals surface area contributed by atoms with E-state index in [0.29, 0.717) is 0 Å². The third-order valence-electron chi connectivity index (χ3n) is 5.76. The number of anilines is 1. The fourth-order valence-electron chi connectivity index (χ4n) is 4.42. The molecule has 0 heterocycles. The van der Waals surface area contributed by atoms with Crippen molar-refractivity contribution in [2.75, 3.05) is 5.43 Å². The smallest absolute Gasteiger partial charge is 0.0698 e. The molecule has 0 saturated heterocycles. The van der Waals surface area contributed by atoms with Crippen LogP contribution in [0.15, 0.2) is 120 Å². The molecule has 0 aliphatic heterocycles. The van der Waals surface area contributed by atoms with Gasteiger partial charge < -0.3 is 0 Å². The van der Waals surface area contributed by atoms with E-state index in [1.54, 1.807) is 0 Å². The minimum absolute atomic E-state index is 0.240. The average Bonchev–Trinajstić information content (AvgIpc) is 3.15. The van der Waals surface area contributed by atoms with Crippen LogP contribution in [0, 0.1) is 0 Å². The van der Waals surface area contributed by atoms with Gasteiger partial charge in [0.2, 0.25) is 0 Å². The van der Waals surface area contributed by atoms with Crippen LogP contribution in [0.1, 0.15) is 28.7 Å². The summed E-state index contributed by atoms with van der Waals surface area (Å²) in [5, 5.41) is 4.85. The van der Waals surface area contributed by atoms with Gasteiger partial charge in [0.15, 0.2) is 0 Å². The summed E-state index contributed by atoms with van der Waals surface area (Å²) in [6.45, 7) is 0. The average molecular weight is 374 g/mol. The molecule has 29 heavy (non-hydrogen) atoms. The molecule has 140 valence electrons. The van der Waals surface area contributed by atoms with E-state index in [1.807, 2.05) is 30.3 Å². The molecule has 0 spiro atoms. The van der Waals surface area contributed by atoms with E-state index < -0.39 is 0 Å². The first kappa shape index (κ1) is 17.4. The molecule has 0 aromatic heterocycles. The predicted octanol–water partition coefficient (Wildman–Crippen LogP) is 6.24. The molecule has 4 aromatic carbocycles. The van der Waals surface area contributed by atoms with Gasteiger partial charge in [-0.25, -0.2) is 0 Å². The Morgan fingerprint density at radius 2 is 1.10 bits per heavy atom. The Morgan fingerprint density at radius 3 is 1.72 bits per heavy atom. The number of fused-ring (bicyclic) bond motifs is 1. The largest absolute Gasteiger partial charge is 0.278 e. The Hall–Kier alpha value is -3.65. The molecule has 2 heteroatoms. The lowest BCUT2D eigenvalue weighted by atomic mass is 9.70. The van der Waals surface area contributed by atoms with Crippen molar-refractivity contribution in [1.29, 1.82) is 0 Å². The maximum atomic E-state index is 4.85. The van der Waals surface area contributed by atoms with E-state index in [9.17, 15) is 0 Å². The molecule has 1 N–H and O–H groups in total. The van der Waals surface area contributed by atoms with Crippen LogP contribution in [0.4, 0.5) is 5.69 Å². The number of nitrogens with one attached hydrogen (secondary N) is 1. The molecule has 0 amide bonds. The zero-order chi connectivity index (χ0) is 19.5. The first-order valence-corrected chi connectivity index (χ1v) is 9.96. The molecule has 5 rings (SSSR count). The van der Waals surface area contributed by atoms with Crippen molar-refractivity contribution in [3.05, 3.63) is 138 Å². The Labute approximate surface area is 171 Å². The first-order valence-electron chi connectivity index (χ1n) is 9.96. The normalized spacial score (nSPS) is 15.8. The number of hydrogen-bond acceptors (Lipinski definition) is 2. The van der Waals surface area contributed by atoms with E-state index in [4.69, 9.17) is 5.10 Å². The van der Waals surface area contributed by atoms with E-state index in [0.717, 1.165) is 17.8 Å². The summed E-state index contributed by atoms with van der Waals surface area (Å²) in [7, 11) is 0. The lowest BCUT2D eigenvalue weighted by molar-refractivity contribution is 0.667. The van der Waals surface area contributed by atoms with E-state index in [1.165, 1.54) is 22.3 Å². The van der Waals surface area contributed by atoms with Crippen molar-refractivity contribution in [2.24, 2.45) is 5.10 Å². The summed E-state index contributed by atoms with van der Waals surface area (Å²) in [5.41, 5.74) is 10.2. The van der Waals surface area contributed by atoms with Gasteiger partial charge in [-0.15, -0.1) is 0 Å².